The molecule has 2 heterocycles. The van der Waals surface area contributed by atoms with Gasteiger partial charge in [-0.25, -0.2) is 4.98 Å². The number of hydrogen-bond donors (Lipinski definition) is 2. The first-order valence-corrected chi connectivity index (χ1v) is 8.26. The second kappa shape index (κ2) is 5.94. The van der Waals surface area contributed by atoms with Crippen molar-refractivity contribution in [1.82, 2.24) is 10.3 Å². The summed E-state index contributed by atoms with van der Waals surface area (Å²) in [4.78, 5) is 16.5. The van der Waals surface area contributed by atoms with Gasteiger partial charge >= 0.3 is 0 Å². The highest BCUT2D eigenvalue weighted by atomic mass is 16.5. The highest BCUT2D eigenvalue weighted by Crippen LogP contribution is 2.40. The van der Waals surface area contributed by atoms with E-state index < -0.39 is 0 Å². The maximum absolute atomic E-state index is 12.5. The number of hydrogen-bond acceptors (Lipinski definition) is 5. The number of aryl methyl sites for hydroxylation is 1. The molecule has 24 heavy (non-hydrogen) atoms. The predicted molar refractivity (Wildman–Crippen MR) is 85.8 cm³/mol. The summed E-state index contributed by atoms with van der Waals surface area (Å²) in [5, 5.41) is 12.7. The number of aliphatic hydroxyl groups excluding tert-OH is 1. The van der Waals surface area contributed by atoms with Crippen LogP contribution in [-0.4, -0.2) is 28.7 Å². The van der Waals surface area contributed by atoms with Crippen LogP contribution >= 0.6 is 0 Å². The van der Waals surface area contributed by atoms with E-state index in [0.29, 0.717) is 25.1 Å². The molecule has 6 nitrogen and oxygen atoms in total. The summed E-state index contributed by atoms with van der Waals surface area (Å²) in [5.74, 6) is 1.11. The Bertz CT molecular complexity index is 764. The lowest BCUT2D eigenvalue weighted by atomic mass is 9.75. The van der Waals surface area contributed by atoms with Gasteiger partial charge in [-0.2, -0.15) is 0 Å². The Morgan fingerprint density at radius 3 is 2.96 bits per heavy atom. The molecule has 2 aliphatic rings. The first kappa shape index (κ1) is 15.2. The van der Waals surface area contributed by atoms with Gasteiger partial charge in [-0.1, -0.05) is 6.07 Å². The average Bonchev–Trinajstić information content (AvgIpc) is 3.17. The molecule has 126 valence electrons. The van der Waals surface area contributed by atoms with E-state index in [1.165, 1.54) is 12.0 Å². The summed E-state index contributed by atoms with van der Waals surface area (Å²) >= 11 is 0. The van der Waals surface area contributed by atoms with Crippen LogP contribution in [0.5, 0.6) is 5.75 Å². The highest BCUT2D eigenvalue weighted by Gasteiger charge is 2.36. The quantitative estimate of drug-likeness (QED) is 0.898. The van der Waals surface area contributed by atoms with Gasteiger partial charge in [-0.15, -0.1) is 0 Å². The largest absolute Gasteiger partial charge is 0.493 e. The number of nitrogens with one attached hydrogen (secondary N) is 1. The summed E-state index contributed by atoms with van der Waals surface area (Å²) in [6, 6.07) is 5.90. The average molecular weight is 328 g/mol. The number of carbonyl (C=O) groups excluding carboxylic acids is 1. The van der Waals surface area contributed by atoms with E-state index in [2.05, 4.69) is 16.4 Å². The Morgan fingerprint density at radius 2 is 2.25 bits per heavy atom. The van der Waals surface area contributed by atoms with Crippen LogP contribution in [0, 0.1) is 12.8 Å². The number of nitrogens with zero attached hydrogens (tertiary/aromatic N) is 1. The van der Waals surface area contributed by atoms with Crippen LogP contribution in [-0.2, 0) is 6.42 Å². The third-order valence-electron chi connectivity index (χ3n) is 4.93. The summed E-state index contributed by atoms with van der Waals surface area (Å²) in [6.07, 6.45) is 3.26. The molecule has 0 unspecified atom stereocenters. The van der Waals surface area contributed by atoms with Crippen molar-refractivity contribution in [1.29, 1.82) is 0 Å². The van der Waals surface area contributed by atoms with E-state index in [4.69, 9.17) is 9.15 Å². The number of rotatable bonds is 4. The van der Waals surface area contributed by atoms with Crippen molar-refractivity contribution in [3.05, 3.63) is 47.2 Å². The van der Waals surface area contributed by atoms with Gasteiger partial charge in [-0.3, -0.25) is 4.79 Å². The van der Waals surface area contributed by atoms with E-state index in [-0.39, 0.29) is 29.7 Å². The molecule has 0 radical (unpaired) electrons. The van der Waals surface area contributed by atoms with E-state index in [1.54, 1.807) is 6.92 Å². The van der Waals surface area contributed by atoms with Crippen LogP contribution in [0.25, 0.3) is 0 Å². The highest BCUT2D eigenvalue weighted by molar-refractivity contribution is 5.92. The van der Waals surface area contributed by atoms with Gasteiger partial charge in [0.25, 0.3) is 5.91 Å². The number of aromatic nitrogens is 1. The van der Waals surface area contributed by atoms with Gasteiger partial charge in [0.1, 0.15) is 5.75 Å². The Kier molecular flexibility index (Phi) is 3.76. The zero-order valence-corrected chi connectivity index (χ0v) is 13.5. The van der Waals surface area contributed by atoms with Crippen LogP contribution in [0.15, 0.2) is 29.0 Å². The summed E-state index contributed by atoms with van der Waals surface area (Å²) in [5.41, 5.74) is 2.78. The maximum Gasteiger partial charge on any atom is 0.289 e. The third-order valence-corrected chi connectivity index (χ3v) is 4.93. The van der Waals surface area contributed by atoms with Gasteiger partial charge in [-0.05, 0) is 48.9 Å². The fraction of sp³-hybridized carbons (Fsp3) is 0.444. The van der Waals surface area contributed by atoms with Crippen molar-refractivity contribution in [2.45, 2.75) is 38.3 Å². The minimum atomic E-state index is -0.279. The summed E-state index contributed by atoms with van der Waals surface area (Å²) < 4.78 is 10.8. The molecule has 0 bridgehead atoms. The zero-order chi connectivity index (χ0) is 16.7. The fourth-order valence-corrected chi connectivity index (χ4v) is 3.50. The molecule has 6 heteroatoms. The van der Waals surface area contributed by atoms with E-state index in [1.807, 2.05) is 12.1 Å². The molecule has 1 aliphatic heterocycles. The van der Waals surface area contributed by atoms with Gasteiger partial charge in [0.2, 0.25) is 5.76 Å². The van der Waals surface area contributed by atoms with Crippen molar-refractivity contribution in [2.75, 3.05) is 6.61 Å². The van der Waals surface area contributed by atoms with Crippen molar-refractivity contribution < 1.29 is 19.1 Å². The number of benzene rings is 1. The van der Waals surface area contributed by atoms with Crippen molar-refractivity contribution >= 4 is 5.91 Å². The van der Waals surface area contributed by atoms with Crippen LogP contribution in [0.3, 0.4) is 0 Å². The van der Waals surface area contributed by atoms with Crippen LogP contribution in [0.4, 0.5) is 0 Å². The number of amides is 1. The molecule has 1 aliphatic carbocycles. The second-order valence-corrected chi connectivity index (χ2v) is 6.57. The van der Waals surface area contributed by atoms with Crippen molar-refractivity contribution in [3.8, 4) is 5.75 Å². The molecule has 1 aromatic carbocycles. The minimum absolute atomic E-state index is 0.156. The Hall–Kier alpha value is -2.34. The normalized spacial score (nSPS) is 23.1. The zero-order valence-electron chi connectivity index (χ0n) is 13.5. The van der Waals surface area contributed by atoms with Crippen molar-refractivity contribution in [3.63, 3.8) is 0 Å². The van der Waals surface area contributed by atoms with Gasteiger partial charge in [0, 0.05) is 6.42 Å². The van der Waals surface area contributed by atoms with Crippen LogP contribution in [0.1, 0.15) is 46.3 Å². The molecule has 0 spiro atoms. The number of aliphatic hydroxyl groups is 1. The molecule has 2 aromatic rings. The lowest BCUT2D eigenvalue weighted by Crippen LogP contribution is -2.41. The number of carbonyl (C=O) groups is 1. The van der Waals surface area contributed by atoms with Gasteiger partial charge < -0.3 is 19.6 Å². The van der Waals surface area contributed by atoms with Gasteiger partial charge in [0.05, 0.1) is 24.4 Å². The standard InChI is InChI=1S/C18H20N2O4/c1-10-17(24-9-19-10)18(22)20-16(13-7-14(21)8-13)12-2-3-15-11(6-12)4-5-23-15/h2-3,6,9,13-14,16,21H,4-5,7-8H2,1H3,(H,20,22)/t13?,14?,16-/m1/s1. The molecule has 0 saturated heterocycles. The molecule has 1 atom stereocenters. The van der Waals surface area contributed by atoms with Crippen molar-refractivity contribution in [2.24, 2.45) is 5.92 Å². The van der Waals surface area contributed by atoms with E-state index in [9.17, 15) is 9.90 Å². The maximum atomic E-state index is 12.5. The number of fused-ring (bicyclic) bond motifs is 1. The topological polar surface area (TPSA) is 84.6 Å². The number of ether oxygens (including phenoxy) is 1. The molecule has 1 amide bonds. The summed E-state index contributed by atoms with van der Waals surface area (Å²) in [7, 11) is 0. The fourth-order valence-electron chi connectivity index (χ4n) is 3.50. The smallest absolute Gasteiger partial charge is 0.289 e. The van der Waals surface area contributed by atoms with E-state index >= 15 is 0 Å². The molecule has 1 fully saturated rings. The molecular formula is C18H20N2O4. The Balaban J connectivity index is 1.60. The lowest BCUT2D eigenvalue weighted by molar-refractivity contribution is 0.0232. The first-order chi connectivity index (χ1) is 11.6. The number of oxazole rings is 1. The molecule has 1 aromatic heterocycles. The Labute approximate surface area is 139 Å². The predicted octanol–water partition coefficient (Wildman–Crippen LogP) is 2.16. The molecular weight excluding hydrogens is 308 g/mol. The third kappa shape index (κ3) is 2.67. The first-order valence-electron chi connectivity index (χ1n) is 8.26. The SMILES string of the molecule is Cc1ncoc1C(=O)N[C@H](c1ccc2c(c1)CCO2)C1CC(O)C1. The lowest BCUT2D eigenvalue weighted by Gasteiger charge is -2.38. The van der Waals surface area contributed by atoms with Crippen LogP contribution in [0.2, 0.25) is 0 Å². The minimum Gasteiger partial charge on any atom is -0.493 e. The molecule has 2 N–H and O–H groups in total. The second-order valence-electron chi connectivity index (χ2n) is 6.57. The molecule has 4 rings (SSSR count). The van der Waals surface area contributed by atoms with E-state index in [0.717, 1.165) is 17.7 Å². The van der Waals surface area contributed by atoms with Crippen LogP contribution < -0.4 is 10.1 Å². The monoisotopic (exact) mass is 328 g/mol. The van der Waals surface area contributed by atoms with Gasteiger partial charge in [0.15, 0.2) is 6.39 Å². The summed E-state index contributed by atoms with van der Waals surface area (Å²) in [6.45, 7) is 2.45. The Morgan fingerprint density at radius 1 is 1.42 bits per heavy atom. The molecule has 1 saturated carbocycles.